The first-order chi connectivity index (χ1) is 18.3. The summed E-state index contributed by atoms with van der Waals surface area (Å²) in [5.74, 6) is 0.255. The van der Waals surface area contributed by atoms with Crippen molar-refractivity contribution in [3.63, 3.8) is 0 Å². The SMILES string of the molecule is NCCC1CCN(C(=O)C(Cc2ccc(C(N)N)cc2)NS(=O)(=O)c2cccc(-c3cccnc3)c2)CC1. The summed E-state index contributed by atoms with van der Waals surface area (Å²) < 4.78 is 29.8. The van der Waals surface area contributed by atoms with Crippen molar-refractivity contribution in [2.24, 2.45) is 23.1 Å². The standard InChI is InChI=1S/C28H36N6O3S/c29-13-10-20-11-15-34(16-12-20)28(35)26(17-21-6-8-22(9-7-21)27(30)31)33-38(36,37)25-5-1-3-23(18-25)24-4-2-14-32-19-24/h1-9,14,18-20,26-27,33H,10-13,15-17,29-31H2. The second-order valence-electron chi connectivity index (χ2n) is 9.76. The van der Waals surface area contributed by atoms with Crippen molar-refractivity contribution in [2.75, 3.05) is 19.6 Å². The third-order valence-electron chi connectivity index (χ3n) is 7.04. The van der Waals surface area contributed by atoms with E-state index in [9.17, 15) is 13.2 Å². The Bertz CT molecular complexity index is 1310. The van der Waals surface area contributed by atoms with Crippen LogP contribution in [0.15, 0.2) is 78.0 Å². The lowest BCUT2D eigenvalue weighted by molar-refractivity contribution is -0.134. The van der Waals surface area contributed by atoms with Gasteiger partial charge in [0.2, 0.25) is 15.9 Å². The molecule has 1 aliphatic rings. The molecule has 38 heavy (non-hydrogen) atoms. The molecular weight excluding hydrogens is 500 g/mol. The highest BCUT2D eigenvalue weighted by Crippen LogP contribution is 2.24. The Morgan fingerprint density at radius 3 is 2.37 bits per heavy atom. The van der Waals surface area contributed by atoms with Crippen LogP contribution < -0.4 is 21.9 Å². The Balaban J connectivity index is 1.58. The molecule has 0 saturated carbocycles. The number of likely N-dealkylation sites (tertiary alicyclic amines) is 1. The number of hydrogen-bond donors (Lipinski definition) is 4. The van der Waals surface area contributed by atoms with Gasteiger partial charge >= 0.3 is 0 Å². The quantitative estimate of drug-likeness (QED) is 0.289. The van der Waals surface area contributed by atoms with Gasteiger partial charge in [-0.05, 0) is 73.0 Å². The van der Waals surface area contributed by atoms with E-state index in [0.29, 0.717) is 25.6 Å². The van der Waals surface area contributed by atoms with Gasteiger partial charge in [0.1, 0.15) is 6.04 Å². The molecule has 1 amide bonds. The first-order valence-electron chi connectivity index (χ1n) is 12.9. The van der Waals surface area contributed by atoms with Gasteiger partial charge in [-0.2, -0.15) is 4.72 Å². The highest BCUT2D eigenvalue weighted by molar-refractivity contribution is 7.89. The molecular formula is C28H36N6O3S. The number of piperidine rings is 1. The second kappa shape index (κ2) is 12.6. The molecule has 0 spiro atoms. The van der Waals surface area contributed by atoms with Crippen LogP contribution in [-0.2, 0) is 21.2 Å². The zero-order valence-corrected chi connectivity index (χ0v) is 22.2. The van der Waals surface area contributed by atoms with E-state index in [1.54, 1.807) is 47.6 Å². The number of pyridine rings is 1. The number of carbonyl (C=O) groups excluding carboxylic acids is 1. The maximum Gasteiger partial charge on any atom is 0.241 e. The first-order valence-corrected chi connectivity index (χ1v) is 14.4. The van der Waals surface area contributed by atoms with Gasteiger partial charge in [-0.1, -0.05) is 42.5 Å². The second-order valence-corrected chi connectivity index (χ2v) is 11.5. The number of carbonyl (C=O) groups is 1. The third-order valence-corrected chi connectivity index (χ3v) is 8.51. The van der Waals surface area contributed by atoms with E-state index >= 15 is 0 Å². The summed E-state index contributed by atoms with van der Waals surface area (Å²) in [7, 11) is -4.01. The highest BCUT2D eigenvalue weighted by atomic mass is 32.2. The van der Waals surface area contributed by atoms with E-state index in [4.69, 9.17) is 17.2 Å². The van der Waals surface area contributed by atoms with Gasteiger partial charge in [0, 0.05) is 31.0 Å². The molecule has 1 saturated heterocycles. The molecule has 2 aromatic carbocycles. The molecule has 1 atom stereocenters. The molecule has 0 bridgehead atoms. The Labute approximate surface area is 224 Å². The van der Waals surface area contributed by atoms with Crippen LogP contribution in [0.3, 0.4) is 0 Å². The maximum absolute atomic E-state index is 13.7. The maximum atomic E-state index is 13.7. The summed E-state index contributed by atoms with van der Waals surface area (Å²) in [4.78, 5) is 19.6. The van der Waals surface area contributed by atoms with Gasteiger partial charge in [0.25, 0.3) is 0 Å². The summed E-state index contributed by atoms with van der Waals surface area (Å²) in [5.41, 5.74) is 20.3. The van der Waals surface area contributed by atoms with Crippen LogP contribution in [0.1, 0.15) is 36.6 Å². The summed E-state index contributed by atoms with van der Waals surface area (Å²) >= 11 is 0. The lowest BCUT2D eigenvalue weighted by Gasteiger charge is -2.34. The molecule has 1 fully saturated rings. The molecule has 2 heterocycles. The van der Waals surface area contributed by atoms with Gasteiger partial charge in [-0.15, -0.1) is 0 Å². The number of hydrogen-bond acceptors (Lipinski definition) is 7. The van der Waals surface area contributed by atoms with E-state index in [1.165, 1.54) is 6.07 Å². The van der Waals surface area contributed by atoms with Crippen LogP contribution in [0.2, 0.25) is 0 Å². The predicted molar refractivity (Wildman–Crippen MR) is 148 cm³/mol. The lowest BCUT2D eigenvalue weighted by atomic mass is 9.93. The van der Waals surface area contributed by atoms with Crippen molar-refractivity contribution in [3.05, 3.63) is 84.2 Å². The molecule has 1 unspecified atom stereocenters. The Morgan fingerprint density at radius 2 is 1.74 bits per heavy atom. The number of nitrogens with two attached hydrogens (primary N) is 3. The topological polar surface area (TPSA) is 157 Å². The van der Waals surface area contributed by atoms with Crippen LogP contribution in [0, 0.1) is 5.92 Å². The summed E-state index contributed by atoms with van der Waals surface area (Å²) in [6, 6.07) is 16.6. The fourth-order valence-electron chi connectivity index (χ4n) is 4.82. The van der Waals surface area contributed by atoms with Crippen molar-refractivity contribution in [3.8, 4) is 11.1 Å². The van der Waals surface area contributed by atoms with E-state index in [-0.39, 0.29) is 17.2 Å². The molecule has 1 aromatic heterocycles. The van der Waals surface area contributed by atoms with Crippen molar-refractivity contribution in [1.29, 1.82) is 0 Å². The summed E-state index contributed by atoms with van der Waals surface area (Å²) in [6.07, 6.45) is 5.58. The van der Waals surface area contributed by atoms with E-state index < -0.39 is 22.2 Å². The zero-order chi connectivity index (χ0) is 27.1. The fraction of sp³-hybridized carbons (Fsp3) is 0.357. The molecule has 0 aliphatic carbocycles. The number of benzene rings is 2. The zero-order valence-electron chi connectivity index (χ0n) is 21.4. The van der Waals surface area contributed by atoms with Crippen LogP contribution in [0.4, 0.5) is 0 Å². The Kier molecular flexibility index (Phi) is 9.24. The van der Waals surface area contributed by atoms with Crippen molar-refractivity contribution in [1.82, 2.24) is 14.6 Å². The number of sulfonamides is 1. The normalized spacial score (nSPS) is 15.5. The molecule has 1 aliphatic heterocycles. The van der Waals surface area contributed by atoms with Crippen molar-refractivity contribution >= 4 is 15.9 Å². The molecule has 3 aromatic rings. The van der Waals surface area contributed by atoms with Gasteiger partial charge in [0.05, 0.1) is 11.1 Å². The largest absolute Gasteiger partial charge is 0.341 e. The fourth-order valence-corrected chi connectivity index (χ4v) is 6.06. The Morgan fingerprint density at radius 1 is 1.03 bits per heavy atom. The average molecular weight is 537 g/mol. The number of aromatic nitrogens is 1. The molecule has 9 nitrogen and oxygen atoms in total. The monoisotopic (exact) mass is 536 g/mol. The minimum absolute atomic E-state index is 0.0859. The number of nitrogens with zero attached hydrogens (tertiary/aromatic N) is 2. The lowest BCUT2D eigenvalue weighted by Crippen LogP contribution is -2.51. The van der Waals surface area contributed by atoms with E-state index in [1.807, 2.05) is 24.3 Å². The minimum Gasteiger partial charge on any atom is -0.341 e. The summed E-state index contributed by atoms with van der Waals surface area (Å²) in [5, 5.41) is 0. The number of rotatable bonds is 10. The molecule has 10 heteroatoms. The van der Waals surface area contributed by atoms with Crippen LogP contribution in [0.5, 0.6) is 0 Å². The van der Waals surface area contributed by atoms with Gasteiger partial charge < -0.3 is 22.1 Å². The first kappa shape index (κ1) is 27.9. The average Bonchev–Trinajstić information content (AvgIpc) is 2.93. The van der Waals surface area contributed by atoms with E-state index in [2.05, 4.69) is 9.71 Å². The highest BCUT2D eigenvalue weighted by Gasteiger charge is 2.32. The van der Waals surface area contributed by atoms with Crippen LogP contribution >= 0.6 is 0 Å². The molecule has 202 valence electrons. The van der Waals surface area contributed by atoms with Crippen LogP contribution in [0.25, 0.3) is 11.1 Å². The third kappa shape index (κ3) is 7.03. The van der Waals surface area contributed by atoms with Crippen molar-refractivity contribution in [2.45, 2.75) is 42.8 Å². The Hall–Kier alpha value is -3.15. The number of amides is 1. The molecule has 4 rings (SSSR count). The molecule has 7 N–H and O–H groups in total. The van der Waals surface area contributed by atoms with Gasteiger partial charge in [-0.25, -0.2) is 8.42 Å². The number of nitrogens with one attached hydrogen (secondary N) is 1. The minimum atomic E-state index is -4.01. The summed E-state index contributed by atoms with van der Waals surface area (Å²) in [6.45, 7) is 1.79. The predicted octanol–water partition coefficient (Wildman–Crippen LogP) is 2.14. The van der Waals surface area contributed by atoms with Gasteiger partial charge in [-0.3, -0.25) is 9.78 Å². The van der Waals surface area contributed by atoms with Gasteiger partial charge in [0.15, 0.2) is 0 Å². The van der Waals surface area contributed by atoms with Crippen molar-refractivity contribution < 1.29 is 13.2 Å². The smallest absolute Gasteiger partial charge is 0.241 e. The van der Waals surface area contributed by atoms with Crippen LogP contribution in [-0.4, -0.2) is 49.9 Å². The molecule has 0 radical (unpaired) electrons. The van der Waals surface area contributed by atoms with E-state index in [0.717, 1.165) is 41.5 Å².